The maximum absolute atomic E-state index is 13.3. The number of hydrogen-bond donors (Lipinski definition) is 2. The molecule has 1 rings (SSSR count). The first kappa shape index (κ1) is 35.1. The number of hydrogen-bond acceptors (Lipinski definition) is 8. The molecule has 0 atom stereocenters. The summed E-state index contributed by atoms with van der Waals surface area (Å²) in [7, 11) is -6.70. The smallest absolute Gasteiger partial charge is 0.331 e. The summed E-state index contributed by atoms with van der Waals surface area (Å²) in [6, 6.07) is 3.14. The molecule has 0 aliphatic rings. The molecule has 0 fully saturated rings. The van der Waals surface area contributed by atoms with Crippen molar-refractivity contribution in [2.75, 3.05) is 12.3 Å². The summed E-state index contributed by atoms with van der Waals surface area (Å²) in [5.41, 5.74) is -0.196. The van der Waals surface area contributed by atoms with E-state index in [-0.39, 0.29) is 48.2 Å². The molecule has 222 valence electrons. The molecule has 1 aromatic carbocycles. The molecule has 0 heterocycles. The molecule has 0 aliphatic heterocycles. The number of aromatic hydroxyl groups is 2. The molecule has 1 aromatic rings. The van der Waals surface area contributed by atoms with Gasteiger partial charge in [0.25, 0.3) is 0 Å². The lowest BCUT2D eigenvalue weighted by Crippen LogP contribution is -2.23. The fourth-order valence-corrected chi connectivity index (χ4v) is 9.06. The van der Waals surface area contributed by atoms with E-state index in [1.165, 1.54) is 0 Å². The van der Waals surface area contributed by atoms with E-state index >= 15 is 0 Å². The maximum Gasteiger partial charge on any atom is 0.331 e. The summed E-state index contributed by atoms with van der Waals surface area (Å²) in [5, 5.41) is 22.1. The van der Waals surface area contributed by atoms with Crippen molar-refractivity contribution in [2.24, 2.45) is 0 Å². The van der Waals surface area contributed by atoms with Gasteiger partial charge in [0.15, 0.2) is 0 Å². The molecule has 0 aromatic heterocycles. The van der Waals surface area contributed by atoms with Crippen LogP contribution >= 0.6 is 15.2 Å². The lowest BCUT2D eigenvalue weighted by atomic mass is 9.77. The van der Waals surface area contributed by atoms with Gasteiger partial charge in [-0.1, -0.05) is 27.7 Å². The van der Waals surface area contributed by atoms with Crippen molar-refractivity contribution in [2.45, 2.75) is 131 Å². The van der Waals surface area contributed by atoms with Gasteiger partial charge in [-0.3, -0.25) is 9.13 Å². The zero-order valence-corrected chi connectivity index (χ0v) is 27.3. The fourth-order valence-electron chi connectivity index (χ4n) is 4.31. The Balaban J connectivity index is 3.20. The summed E-state index contributed by atoms with van der Waals surface area (Å²) in [4.78, 5) is 0. The Bertz CT molecular complexity index is 891. The van der Waals surface area contributed by atoms with E-state index in [0.717, 1.165) is 0 Å². The van der Waals surface area contributed by atoms with E-state index in [0.29, 0.717) is 24.0 Å². The van der Waals surface area contributed by atoms with Crippen molar-refractivity contribution in [3.05, 3.63) is 23.3 Å². The van der Waals surface area contributed by atoms with Gasteiger partial charge in [-0.15, -0.1) is 0 Å². The zero-order valence-electron chi connectivity index (χ0n) is 25.5. The van der Waals surface area contributed by atoms with Crippen molar-refractivity contribution in [1.82, 2.24) is 0 Å². The molecule has 0 saturated heterocycles. The first-order valence-corrected chi connectivity index (χ1v) is 17.1. The van der Waals surface area contributed by atoms with Gasteiger partial charge in [-0.05, 0) is 91.2 Å². The predicted molar refractivity (Wildman–Crippen MR) is 155 cm³/mol. The standard InChI is InChI=1S/C28H52O8P2/c1-19(2)33-37(31,34-20(3)4)15-13-27(9,10)23-17-26(30)24(18-25(23)29)28(11,12)14-16-38(32,35-21(5)6)36-22(7)8/h17-22,29-30H,13-16H2,1-12H3. The molecule has 0 saturated carbocycles. The van der Waals surface area contributed by atoms with Crippen LogP contribution < -0.4 is 0 Å². The Morgan fingerprint density at radius 2 is 0.842 bits per heavy atom. The molecule has 0 bridgehead atoms. The average molecular weight is 579 g/mol. The highest BCUT2D eigenvalue weighted by Gasteiger charge is 2.36. The van der Waals surface area contributed by atoms with E-state index in [1.807, 2.05) is 83.1 Å². The number of benzene rings is 1. The van der Waals surface area contributed by atoms with Crippen LogP contribution in [0.5, 0.6) is 11.5 Å². The molecule has 10 heteroatoms. The summed E-state index contributed by atoms with van der Waals surface area (Å²) in [5.74, 6) is 0.0561. The van der Waals surface area contributed by atoms with Crippen LogP contribution in [-0.4, -0.2) is 47.0 Å². The van der Waals surface area contributed by atoms with Crippen LogP contribution in [0, 0.1) is 0 Å². The van der Waals surface area contributed by atoms with Gasteiger partial charge >= 0.3 is 15.2 Å². The first-order valence-electron chi connectivity index (χ1n) is 13.6. The van der Waals surface area contributed by atoms with Gasteiger partial charge < -0.3 is 28.3 Å². The van der Waals surface area contributed by atoms with Gasteiger partial charge in [0, 0.05) is 11.1 Å². The Morgan fingerprint density at radius 1 is 0.605 bits per heavy atom. The first-order chi connectivity index (χ1) is 17.1. The third-order valence-electron chi connectivity index (χ3n) is 6.08. The molecule has 8 nitrogen and oxygen atoms in total. The molecule has 0 radical (unpaired) electrons. The summed E-state index contributed by atoms with van der Waals surface area (Å²) in [6.45, 7) is 22.2. The lowest BCUT2D eigenvalue weighted by Gasteiger charge is -2.32. The van der Waals surface area contributed by atoms with E-state index < -0.39 is 26.0 Å². The van der Waals surface area contributed by atoms with Gasteiger partial charge in [0.1, 0.15) is 11.5 Å². The molecule has 0 aliphatic carbocycles. The third-order valence-corrected chi connectivity index (χ3v) is 10.6. The SMILES string of the molecule is CC(C)OP(=O)(CCC(C)(C)c1cc(O)c(C(C)(C)CCP(=O)(OC(C)C)OC(C)C)cc1O)OC(C)C. The van der Waals surface area contributed by atoms with Crippen molar-refractivity contribution in [1.29, 1.82) is 0 Å². The third kappa shape index (κ3) is 10.9. The normalized spacial score (nSPS) is 13.9. The largest absolute Gasteiger partial charge is 0.508 e. The minimum atomic E-state index is -3.35. The molecule has 0 amide bonds. The Morgan fingerprint density at radius 3 is 1.05 bits per heavy atom. The molecular formula is C28H52O8P2. The number of phenols is 2. The van der Waals surface area contributed by atoms with Gasteiger partial charge in [0.05, 0.1) is 36.7 Å². The molecule has 2 N–H and O–H groups in total. The fraction of sp³-hybridized carbons (Fsp3) is 0.786. The second kappa shape index (κ2) is 13.7. The molecule has 38 heavy (non-hydrogen) atoms. The van der Waals surface area contributed by atoms with Crippen LogP contribution in [0.15, 0.2) is 12.1 Å². The lowest BCUT2D eigenvalue weighted by molar-refractivity contribution is 0.140. The molecule has 0 unspecified atom stereocenters. The monoisotopic (exact) mass is 578 g/mol. The van der Waals surface area contributed by atoms with Crippen LogP contribution in [-0.2, 0) is 38.1 Å². The summed E-state index contributed by atoms with van der Waals surface area (Å²) < 4.78 is 49.4. The second-order valence-electron chi connectivity index (χ2n) is 12.4. The topological polar surface area (TPSA) is 112 Å². The van der Waals surface area contributed by atoms with Crippen molar-refractivity contribution < 1.29 is 37.4 Å². The predicted octanol–water partition coefficient (Wildman–Crippen LogP) is 8.52. The number of phenolic OH excluding ortho intramolecular Hbond substituents is 2. The Hall–Kier alpha value is -0.880. The maximum atomic E-state index is 13.3. The van der Waals surface area contributed by atoms with Gasteiger partial charge in [-0.2, -0.15) is 0 Å². The Labute approximate surface area is 230 Å². The van der Waals surface area contributed by atoms with Crippen LogP contribution in [0.1, 0.15) is 107 Å². The highest BCUT2D eigenvalue weighted by atomic mass is 31.2. The number of rotatable bonds is 16. The van der Waals surface area contributed by atoms with Crippen LogP contribution in [0.4, 0.5) is 0 Å². The van der Waals surface area contributed by atoms with Gasteiger partial charge in [0.2, 0.25) is 0 Å². The highest BCUT2D eigenvalue weighted by molar-refractivity contribution is 7.54. The quantitative estimate of drug-likeness (QED) is 0.148. The van der Waals surface area contributed by atoms with Gasteiger partial charge in [-0.25, -0.2) is 0 Å². The van der Waals surface area contributed by atoms with E-state index in [1.54, 1.807) is 12.1 Å². The van der Waals surface area contributed by atoms with Crippen molar-refractivity contribution >= 4 is 15.2 Å². The van der Waals surface area contributed by atoms with Crippen LogP contribution in [0.2, 0.25) is 0 Å². The minimum absolute atomic E-state index is 0.0281. The Kier molecular flexibility index (Phi) is 12.6. The highest BCUT2D eigenvalue weighted by Crippen LogP contribution is 2.55. The van der Waals surface area contributed by atoms with E-state index in [2.05, 4.69) is 0 Å². The van der Waals surface area contributed by atoms with Crippen LogP contribution in [0.3, 0.4) is 0 Å². The second-order valence-corrected chi connectivity index (χ2v) is 16.6. The van der Waals surface area contributed by atoms with Crippen molar-refractivity contribution in [3.63, 3.8) is 0 Å². The van der Waals surface area contributed by atoms with E-state index in [4.69, 9.17) is 18.1 Å². The molecular weight excluding hydrogens is 526 g/mol. The zero-order chi connectivity index (χ0) is 29.7. The van der Waals surface area contributed by atoms with E-state index in [9.17, 15) is 19.3 Å². The average Bonchev–Trinajstić information content (AvgIpc) is 2.70. The van der Waals surface area contributed by atoms with Crippen molar-refractivity contribution in [3.8, 4) is 11.5 Å². The van der Waals surface area contributed by atoms with Crippen LogP contribution in [0.25, 0.3) is 0 Å². The summed E-state index contributed by atoms with van der Waals surface area (Å²) in [6.07, 6.45) is 0.129. The summed E-state index contributed by atoms with van der Waals surface area (Å²) >= 11 is 0. The minimum Gasteiger partial charge on any atom is -0.508 e. The molecule has 0 spiro atoms.